The van der Waals surface area contributed by atoms with Crippen LogP contribution in [-0.4, -0.2) is 44.5 Å². The van der Waals surface area contributed by atoms with Crippen molar-refractivity contribution in [3.8, 4) is 0 Å². The minimum atomic E-state index is -0.0368. The third kappa shape index (κ3) is 5.39. The average Bonchev–Trinajstić information content (AvgIpc) is 2.67. The van der Waals surface area contributed by atoms with Crippen molar-refractivity contribution in [2.75, 3.05) is 43.5 Å². The van der Waals surface area contributed by atoms with E-state index in [9.17, 15) is 4.79 Å². The van der Waals surface area contributed by atoms with Crippen LogP contribution in [0, 0.1) is 0 Å². The van der Waals surface area contributed by atoms with Gasteiger partial charge < -0.3 is 15.0 Å². The van der Waals surface area contributed by atoms with Gasteiger partial charge in [-0.05, 0) is 48.5 Å². The maximum absolute atomic E-state index is 12.2. The summed E-state index contributed by atoms with van der Waals surface area (Å²) in [5.74, 6) is 0.782. The van der Waals surface area contributed by atoms with Crippen LogP contribution in [-0.2, 0) is 4.74 Å². The van der Waals surface area contributed by atoms with Crippen LogP contribution in [0.5, 0.6) is 0 Å². The van der Waals surface area contributed by atoms with Gasteiger partial charge in [0.25, 0.3) is 5.91 Å². The molecule has 1 N–H and O–H groups in total. The Hall–Kier alpha value is -1.69. The maximum atomic E-state index is 12.2. The lowest BCUT2D eigenvalue weighted by atomic mass is 10.1. The summed E-state index contributed by atoms with van der Waals surface area (Å²) in [6.07, 6.45) is 0. The summed E-state index contributed by atoms with van der Waals surface area (Å²) in [5.41, 5.74) is 1.83. The molecule has 0 spiro atoms. The smallest absolute Gasteiger partial charge is 0.251 e. The van der Waals surface area contributed by atoms with E-state index >= 15 is 0 Å². The third-order valence-corrected chi connectivity index (χ3v) is 5.24. The number of nitrogens with one attached hydrogen (secondary N) is 1. The van der Waals surface area contributed by atoms with Crippen molar-refractivity contribution in [1.82, 2.24) is 5.32 Å². The molecule has 2 aromatic rings. The number of halogens is 1. The Balaban J connectivity index is 1.43. The first-order chi connectivity index (χ1) is 12.2. The zero-order valence-corrected chi connectivity index (χ0v) is 15.5. The molecule has 2 aromatic carbocycles. The van der Waals surface area contributed by atoms with Crippen LogP contribution in [0.1, 0.15) is 10.4 Å². The van der Waals surface area contributed by atoms with E-state index in [-0.39, 0.29) is 5.91 Å². The summed E-state index contributed by atoms with van der Waals surface area (Å²) < 4.78 is 5.36. The van der Waals surface area contributed by atoms with Crippen LogP contribution in [0.4, 0.5) is 5.69 Å². The second-order valence-electron chi connectivity index (χ2n) is 5.70. The van der Waals surface area contributed by atoms with Gasteiger partial charge in [0.05, 0.1) is 13.2 Å². The average molecular weight is 377 g/mol. The standard InChI is InChI=1S/C19H21ClN2O2S/c20-16-3-7-18(8-4-16)25-14-9-21-19(23)15-1-5-17(6-2-15)22-10-12-24-13-11-22/h1-8H,9-14H2,(H,21,23). The number of amides is 1. The molecule has 25 heavy (non-hydrogen) atoms. The monoisotopic (exact) mass is 376 g/mol. The molecule has 1 amide bonds. The number of rotatable bonds is 6. The molecular weight excluding hydrogens is 356 g/mol. The van der Waals surface area contributed by atoms with Crippen molar-refractivity contribution < 1.29 is 9.53 Å². The highest BCUT2D eigenvalue weighted by molar-refractivity contribution is 7.99. The van der Waals surface area contributed by atoms with Crippen LogP contribution in [0.3, 0.4) is 0 Å². The Bertz CT molecular complexity index is 686. The molecule has 0 saturated carbocycles. The van der Waals surface area contributed by atoms with Gasteiger partial charge in [0.15, 0.2) is 0 Å². The van der Waals surface area contributed by atoms with Crippen LogP contribution >= 0.6 is 23.4 Å². The van der Waals surface area contributed by atoms with Crippen LogP contribution < -0.4 is 10.2 Å². The van der Waals surface area contributed by atoms with Crippen molar-refractivity contribution in [3.05, 3.63) is 59.1 Å². The fourth-order valence-electron chi connectivity index (χ4n) is 2.61. The predicted octanol–water partition coefficient (Wildman–Crippen LogP) is 3.70. The zero-order chi connectivity index (χ0) is 17.5. The van der Waals surface area contributed by atoms with Crippen molar-refractivity contribution in [3.63, 3.8) is 0 Å². The Morgan fingerprint density at radius 2 is 1.76 bits per heavy atom. The van der Waals surface area contributed by atoms with E-state index in [0.717, 1.165) is 47.7 Å². The molecule has 0 aromatic heterocycles. The van der Waals surface area contributed by atoms with E-state index in [1.165, 1.54) is 0 Å². The summed E-state index contributed by atoms with van der Waals surface area (Å²) in [7, 11) is 0. The molecule has 1 fully saturated rings. The summed E-state index contributed by atoms with van der Waals surface area (Å²) in [5, 5.41) is 3.69. The molecule has 0 aliphatic carbocycles. The number of anilines is 1. The lowest BCUT2D eigenvalue weighted by Gasteiger charge is -2.28. The number of carbonyl (C=O) groups excluding carboxylic acids is 1. The first kappa shape index (κ1) is 18.1. The van der Waals surface area contributed by atoms with Gasteiger partial charge in [0.1, 0.15) is 0 Å². The quantitative estimate of drug-likeness (QED) is 0.616. The Morgan fingerprint density at radius 3 is 2.44 bits per heavy atom. The van der Waals surface area contributed by atoms with Gasteiger partial charge in [-0.3, -0.25) is 4.79 Å². The highest BCUT2D eigenvalue weighted by Crippen LogP contribution is 2.20. The van der Waals surface area contributed by atoms with Crippen molar-refractivity contribution in [1.29, 1.82) is 0 Å². The second-order valence-corrected chi connectivity index (χ2v) is 7.31. The van der Waals surface area contributed by atoms with E-state index in [0.29, 0.717) is 12.1 Å². The molecule has 3 rings (SSSR count). The largest absolute Gasteiger partial charge is 0.378 e. The fraction of sp³-hybridized carbons (Fsp3) is 0.316. The SMILES string of the molecule is O=C(NCCSc1ccc(Cl)cc1)c1ccc(N2CCOCC2)cc1. The van der Waals surface area contributed by atoms with Crippen molar-refractivity contribution >= 4 is 35.0 Å². The summed E-state index contributed by atoms with van der Waals surface area (Å²) >= 11 is 7.56. The number of morpholine rings is 1. The lowest BCUT2D eigenvalue weighted by molar-refractivity contribution is 0.0956. The minimum absolute atomic E-state index is 0.0368. The van der Waals surface area contributed by atoms with Gasteiger partial charge in [0.2, 0.25) is 0 Å². The normalized spacial score (nSPS) is 14.4. The molecule has 1 aliphatic heterocycles. The molecule has 0 radical (unpaired) electrons. The molecule has 1 aliphatic rings. The van der Waals surface area contributed by atoms with E-state index < -0.39 is 0 Å². The number of hydrogen-bond acceptors (Lipinski definition) is 4. The van der Waals surface area contributed by atoms with E-state index in [1.807, 2.05) is 48.5 Å². The number of benzene rings is 2. The van der Waals surface area contributed by atoms with Crippen LogP contribution in [0.2, 0.25) is 5.02 Å². The summed E-state index contributed by atoms with van der Waals surface area (Å²) in [6.45, 7) is 3.93. The van der Waals surface area contributed by atoms with Crippen molar-refractivity contribution in [2.24, 2.45) is 0 Å². The van der Waals surface area contributed by atoms with E-state index in [1.54, 1.807) is 11.8 Å². The Labute approximate surface area is 157 Å². The number of ether oxygens (including phenoxy) is 1. The van der Waals surface area contributed by atoms with E-state index in [4.69, 9.17) is 16.3 Å². The fourth-order valence-corrected chi connectivity index (χ4v) is 3.51. The van der Waals surface area contributed by atoms with Gasteiger partial charge in [-0.1, -0.05) is 11.6 Å². The molecular formula is C19H21ClN2O2S. The highest BCUT2D eigenvalue weighted by Gasteiger charge is 2.12. The van der Waals surface area contributed by atoms with Crippen molar-refractivity contribution in [2.45, 2.75) is 4.90 Å². The van der Waals surface area contributed by atoms with Crippen LogP contribution in [0.25, 0.3) is 0 Å². The second kappa shape index (κ2) is 9.13. The number of thioether (sulfide) groups is 1. The molecule has 0 atom stereocenters. The van der Waals surface area contributed by atoms with Gasteiger partial charge in [-0.25, -0.2) is 0 Å². The Kier molecular flexibility index (Phi) is 6.62. The van der Waals surface area contributed by atoms with Crippen LogP contribution in [0.15, 0.2) is 53.4 Å². The number of nitrogens with zero attached hydrogens (tertiary/aromatic N) is 1. The highest BCUT2D eigenvalue weighted by atomic mass is 35.5. The first-order valence-corrected chi connectivity index (χ1v) is 9.68. The number of hydrogen-bond donors (Lipinski definition) is 1. The summed E-state index contributed by atoms with van der Waals surface area (Å²) in [6, 6.07) is 15.5. The van der Waals surface area contributed by atoms with Gasteiger partial charge in [0, 0.05) is 46.6 Å². The molecule has 0 unspecified atom stereocenters. The molecule has 1 saturated heterocycles. The molecule has 6 heteroatoms. The molecule has 132 valence electrons. The summed E-state index contributed by atoms with van der Waals surface area (Å²) in [4.78, 5) is 15.6. The van der Waals surface area contributed by atoms with E-state index in [2.05, 4.69) is 10.2 Å². The lowest BCUT2D eigenvalue weighted by Crippen LogP contribution is -2.36. The van der Waals surface area contributed by atoms with Gasteiger partial charge in [-0.15, -0.1) is 11.8 Å². The third-order valence-electron chi connectivity index (χ3n) is 3.98. The topological polar surface area (TPSA) is 41.6 Å². The van der Waals surface area contributed by atoms with Gasteiger partial charge in [-0.2, -0.15) is 0 Å². The van der Waals surface area contributed by atoms with Gasteiger partial charge >= 0.3 is 0 Å². The zero-order valence-electron chi connectivity index (χ0n) is 13.9. The predicted molar refractivity (Wildman–Crippen MR) is 104 cm³/mol. The molecule has 1 heterocycles. The molecule has 0 bridgehead atoms. The Morgan fingerprint density at radius 1 is 1.08 bits per heavy atom. The minimum Gasteiger partial charge on any atom is -0.378 e. The number of carbonyl (C=O) groups is 1. The first-order valence-electron chi connectivity index (χ1n) is 8.32. The maximum Gasteiger partial charge on any atom is 0.251 e. The molecule has 4 nitrogen and oxygen atoms in total.